The Balaban J connectivity index is 3.76. The number of hydrogen-bond donors (Lipinski definition) is 3. The number of nitrogens with one attached hydrogen (secondary N) is 2. The van der Waals surface area contributed by atoms with E-state index in [2.05, 4.69) is 24.5 Å². The third-order valence-electron chi connectivity index (χ3n) is 3.17. The molecule has 4 N–H and O–H groups in total. The van der Waals surface area contributed by atoms with E-state index in [0.717, 1.165) is 19.3 Å². The van der Waals surface area contributed by atoms with Crippen LogP contribution in [-0.4, -0.2) is 30.8 Å². The van der Waals surface area contributed by atoms with Crippen LogP contribution >= 0.6 is 0 Å². The van der Waals surface area contributed by atoms with Crippen LogP contribution in [-0.2, 0) is 14.4 Å². The van der Waals surface area contributed by atoms with Gasteiger partial charge in [0.15, 0.2) is 0 Å². The van der Waals surface area contributed by atoms with Crippen molar-refractivity contribution < 1.29 is 14.4 Å². The summed E-state index contributed by atoms with van der Waals surface area (Å²) in [5, 5.41) is 5.20. The lowest BCUT2D eigenvalue weighted by molar-refractivity contribution is -0.127. The quantitative estimate of drug-likeness (QED) is 0.521. The normalized spacial score (nSPS) is 11.7. The molecule has 0 aromatic carbocycles. The summed E-state index contributed by atoms with van der Waals surface area (Å²) in [6, 6.07) is 0. The van der Waals surface area contributed by atoms with Crippen LogP contribution in [0.25, 0.3) is 0 Å². The second kappa shape index (κ2) is 11.3. The van der Waals surface area contributed by atoms with Gasteiger partial charge in [-0.25, -0.2) is 0 Å². The second-order valence-electron chi connectivity index (χ2n) is 4.96. The van der Waals surface area contributed by atoms with E-state index < -0.39 is 5.91 Å². The highest BCUT2D eigenvalue weighted by atomic mass is 16.2. The van der Waals surface area contributed by atoms with Crippen LogP contribution in [0.5, 0.6) is 0 Å². The molecule has 0 aliphatic carbocycles. The van der Waals surface area contributed by atoms with Gasteiger partial charge in [-0.3, -0.25) is 14.4 Å². The van der Waals surface area contributed by atoms with Crippen molar-refractivity contribution in [1.82, 2.24) is 10.6 Å². The first-order valence-electron chi connectivity index (χ1n) is 7.31. The SMILES string of the molecule is CCCCC(CC)CNC(=O)CCC(=O)NCC(N)=O. The van der Waals surface area contributed by atoms with Crippen molar-refractivity contribution in [2.24, 2.45) is 11.7 Å². The van der Waals surface area contributed by atoms with E-state index in [0.29, 0.717) is 12.5 Å². The smallest absolute Gasteiger partial charge is 0.236 e. The number of primary amides is 1. The van der Waals surface area contributed by atoms with Gasteiger partial charge < -0.3 is 16.4 Å². The van der Waals surface area contributed by atoms with Crippen molar-refractivity contribution in [3.05, 3.63) is 0 Å². The van der Waals surface area contributed by atoms with E-state index >= 15 is 0 Å². The molecule has 0 aromatic heterocycles. The maximum Gasteiger partial charge on any atom is 0.236 e. The first kappa shape index (κ1) is 18.4. The highest BCUT2D eigenvalue weighted by molar-refractivity contribution is 5.86. The molecule has 0 aromatic rings. The molecule has 0 radical (unpaired) electrons. The molecule has 1 unspecified atom stereocenters. The predicted molar refractivity (Wildman–Crippen MR) is 77.8 cm³/mol. The molecule has 6 nitrogen and oxygen atoms in total. The standard InChI is InChI=1S/C14H27N3O3/c1-3-5-6-11(4-2)9-16-13(19)7-8-14(20)17-10-12(15)18/h11H,3-10H2,1-2H3,(H2,15,18)(H,16,19)(H,17,20). The van der Waals surface area contributed by atoms with Crippen LogP contribution in [0.15, 0.2) is 0 Å². The van der Waals surface area contributed by atoms with Crippen molar-refractivity contribution in [3.8, 4) is 0 Å². The van der Waals surface area contributed by atoms with Gasteiger partial charge in [-0.1, -0.05) is 33.1 Å². The molecule has 0 fully saturated rings. The fourth-order valence-electron chi connectivity index (χ4n) is 1.79. The molecule has 6 heteroatoms. The van der Waals surface area contributed by atoms with Gasteiger partial charge in [-0.2, -0.15) is 0 Å². The number of hydrogen-bond acceptors (Lipinski definition) is 3. The lowest BCUT2D eigenvalue weighted by Crippen LogP contribution is -2.34. The number of nitrogens with two attached hydrogens (primary N) is 1. The van der Waals surface area contributed by atoms with Crippen molar-refractivity contribution in [2.75, 3.05) is 13.1 Å². The Labute approximate surface area is 120 Å². The zero-order chi connectivity index (χ0) is 15.4. The van der Waals surface area contributed by atoms with Gasteiger partial charge in [-0.15, -0.1) is 0 Å². The summed E-state index contributed by atoms with van der Waals surface area (Å²) in [6.45, 7) is 4.74. The molecule has 0 aliphatic rings. The molecule has 1 atom stereocenters. The van der Waals surface area contributed by atoms with Gasteiger partial charge in [0.25, 0.3) is 0 Å². The van der Waals surface area contributed by atoms with Crippen molar-refractivity contribution in [3.63, 3.8) is 0 Å². The molecule has 116 valence electrons. The Kier molecular flexibility index (Phi) is 10.4. The van der Waals surface area contributed by atoms with Crippen LogP contribution < -0.4 is 16.4 Å². The molecular formula is C14H27N3O3. The van der Waals surface area contributed by atoms with Gasteiger partial charge in [0.2, 0.25) is 17.7 Å². The van der Waals surface area contributed by atoms with E-state index in [1.165, 1.54) is 6.42 Å². The molecule has 0 saturated heterocycles. The summed E-state index contributed by atoms with van der Waals surface area (Å²) in [4.78, 5) is 33.4. The molecule has 0 bridgehead atoms. The minimum atomic E-state index is -0.593. The van der Waals surface area contributed by atoms with Gasteiger partial charge in [-0.05, 0) is 12.3 Å². The summed E-state index contributed by atoms with van der Waals surface area (Å²) in [5.41, 5.74) is 4.90. The average Bonchev–Trinajstić information content (AvgIpc) is 2.43. The van der Waals surface area contributed by atoms with Crippen LogP contribution in [0.2, 0.25) is 0 Å². The predicted octanol–water partition coefficient (Wildman–Crippen LogP) is 0.701. The minimum Gasteiger partial charge on any atom is -0.368 e. The summed E-state index contributed by atoms with van der Waals surface area (Å²) in [7, 11) is 0. The maximum absolute atomic E-state index is 11.6. The number of carbonyl (C=O) groups is 3. The van der Waals surface area contributed by atoms with Crippen molar-refractivity contribution in [2.45, 2.75) is 52.4 Å². The van der Waals surface area contributed by atoms with E-state index in [-0.39, 0.29) is 31.2 Å². The Morgan fingerprint density at radius 3 is 2.15 bits per heavy atom. The Morgan fingerprint density at radius 2 is 1.65 bits per heavy atom. The summed E-state index contributed by atoms with van der Waals surface area (Å²) in [5.74, 6) is -0.557. The van der Waals surface area contributed by atoms with Gasteiger partial charge in [0, 0.05) is 19.4 Å². The lowest BCUT2D eigenvalue weighted by atomic mass is 9.99. The molecule has 0 spiro atoms. The third-order valence-corrected chi connectivity index (χ3v) is 3.17. The number of carbonyl (C=O) groups excluding carboxylic acids is 3. The summed E-state index contributed by atoms with van der Waals surface area (Å²) < 4.78 is 0. The van der Waals surface area contributed by atoms with Crippen molar-refractivity contribution >= 4 is 17.7 Å². The van der Waals surface area contributed by atoms with E-state index in [1.807, 2.05) is 0 Å². The number of rotatable bonds is 11. The van der Waals surface area contributed by atoms with Crippen LogP contribution in [0.4, 0.5) is 0 Å². The van der Waals surface area contributed by atoms with Crippen LogP contribution in [0.1, 0.15) is 52.4 Å². The zero-order valence-electron chi connectivity index (χ0n) is 12.5. The van der Waals surface area contributed by atoms with E-state index in [4.69, 9.17) is 5.73 Å². The molecular weight excluding hydrogens is 258 g/mol. The summed E-state index contributed by atoms with van der Waals surface area (Å²) >= 11 is 0. The van der Waals surface area contributed by atoms with Crippen molar-refractivity contribution in [1.29, 1.82) is 0 Å². The Bertz CT molecular complexity index is 319. The van der Waals surface area contributed by atoms with Crippen LogP contribution in [0.3, 0.4) is 0 Å². The highest BCUT2D eigenvalue weighted by Gasteiger charge is 2.10. The number of amides is 3. The molecule has 0 aliphatic heterocycles. The van der Waals surface area contributed by atoms with E-state index in [1.54, 1.807) is 0 Å². The first-order valence-corrected chi connectivity index (χ1v) is 7.31. The maximum atomic E-state index is 11.6. The molecule has 3 amide bonds. The molecule has 20 heavy (non-hydrogen) atoms. The monoisotopic (exact) mass is 285 g/mol. The minimum absolute atomic E-state index is 0.0743. The fourth-order valence-corrected chi connectivity index (χ4v) is 1.79. The fraction of sp³-hybridized carbons (Fsp3) is 0.786. The van der Waals surface area contributed by atoms with Gasteiger partial charge in [0.05, 0.1) is 6.54 Å². The highest BCUT2D eigenvalue weighted by Crippen LogP contribution is 2.11. The average molecular weight is 285 g/mol. The topological polar surface area (TPSA) is 101 Å². The lowest BCUT2D eigenvalue weighted by Gasteiger charge is -2.15. The van der Waals surface area contributed by atoms with Gasteiger partial charge in [0.1, 0.15) is 0 Å². The number of unbranched alkanes of at least 4 members (excludes halogenated alkanes) is 1. The Hall–Kier alpha value is -1.59. The third kappa shape index (κ3) is 10.3. The summed E-state index contributed by atoms with van der Waals surface area (Å²) in [6.07, 6.45) is 4.69. The molecule has 0 rings (SSSR count). The second-order valence-corrected chi connectivity index (χ2v) is 4.96. The zero-order valence-corrected chi connectivity index (χ0v) is 12.5. The van der Waals surface area contributed by atoms with E-state index in [9.17, 15) is 14.4 Å². The Morgan fingerprint density at radius 1 is 1.05 bits per heavy atom. The first-order chi connectivity index (χ1) is 9.49. The molecule has 0 saturated carbocycles. The van der Waals surface area contributed by atoms with Crippen LogP contribution in [0, 0.1) is 5.92 Å². The molecule has 0 heterocycles. The largest absolute Gasteiger partial charge is 0.368 e. The van der Waals surface area contributed by atoms with Gasteiger partial charge >= 0.3 is 0 Å².